The minimum Gasteiger partial charge on any atom is -0.461 e. The van der Waals surface area contributed by atoms with E-state index in [1.165, 1.54) is 12.8 Å². The van der Waals surface area contributed by atoms with Crippen LogP contribution in [0.3, 0.4) is 0 Å². The Balaban J connectivity index is 1.53. The third-order valence-electron chi connectivity index (χ3n) is 7.42. The van der Waals surface area contributed by atoms with Crippen LogP contribution in [0.4, 0.5) is 0 Å². The second-order valence-corrected chi connectivity index (χ2v) is 11.9. The van der Waals surface area contributed by atoms with Crippen LogP contribution in [-0.4, -0.2) is 39.6 Å². The van der Waals surface area contributed by atoms with Gasteiger partial charge in [0, 0.05) is 4.88 Å². The Labute approximate surface area is 195 Å². The average molecular weight is 460 g/mol. The molecule has 3 heterocycles. The number of esters is 1. The molecule has 1 saturated carbocycles. The largest absolute Gasteiger partial charge is 0.461 e. The first-order valence-electron chi connectivity index (χ1n) is 12.0. The summed E-state index contributed by atoms with van der Waals surface area (Å²) in [7, 11) is 0. The Morgan fingerprint density at radius 2 is 1.78 bits per heavy atom. The Hall–Kier alpha value is -1.73. The molecule has 0 spiro atoms. The van der Waals surface area contributed by atoms with E-state index in [1.807, 2.05) is 13.8 Å². The molecule has 1 aliphatic carbocycles. The molecule has 2 aromatic rings. The monoisotopic (exact) mass is 459 g/mol. The SMILES string of the molecule is Cc1sc2nc(CN3CCCC3)n(CC(=O)OC3CCC(C(C)(C)C)CC3)c(=O)c2c1C. The van der Waals surface area contributed by atoms with Gasteiger partial charge in [0.05, 0.1) is 11.9 Å². The van der Waals surface area contributed by atoms with Gasteiger partial charge in [-0.1, -0.05) is 20.8 Å². The van der Waals surface area contributed by atoms with Gasteiger partial charge in [0.1, 0.15) is 23.3 Å². The van der Waals surface area contributed by atoms with Crippen molar-refractivity contribution < 1.29 is 9.53 Å². The number of rotatable bonds is 5. The number of hydrogen-bond donors (Lipinski definition) is 0. The lowest BCUT2D eigenvalue weighted by Crippen LogP contribution is -2.35. The first kappa shape index (κ1) is 23.4. The van der Waals surface area contributed by atoms with E-state index >= 15 is 0 Å². The van der Waals surface area contributed by atoms with Crippen molar-refractivity contribution >= 4 is 27.5 Å². The maximum absolute atomic E-state index is 13.4. The van der Waals surface area contributed by atoms with Gasteiger partial charge in [0.2, 0.25) is 0 Å². The molecule has 1 aliphatic heterocycles. The van der Waals surface area contributed by atoms with Crippen molar-refractivity contribution in [1.82, 2.24) is 14.5 Å². The van der Waals surface area contributed by atoms with Gasteiger partial charge in [0.15, 0.2) is 0 Å². The molecule has 0 radical (unpaired) electrons. The van der Waals surface area contributed by atoms with Gasteiger partial charge in [-0.15, -0.1) is 11.3 Å². The summed E-state index contributed by atoms with van der Waals surface area (Å²) in [5, 5.41) is 0.649. The van der Waals surface area contributed by atoms with Crippen molar-refractivity contribution in [1.29, 1.82) is 0 Å². The van der Waals surface area contributed by atoms with E-state index < -0.39 is 0 Å². The summed E-state index contributed by atoms with van der Waals surface area (Å²) in [5.74, 6) is 1.03. The van der Waals surface area contributed by atoms with Crippen molar-refractivity contribution in [2.45, 2.75) is 92.3 Å². The Morgan fingerprint density at radius 3 is 2.41 bits per heavy atom. The molecule has 2 aliphatic rings. The lowest BCUT2D eigenvalue weighted by atomic mass is 9.72. The molecule has 6 nitrogen and oxygen atoms in total. The molecular weight excluding hydrogens is 422 g/mol. The second kappa shape index (κ2) is 9.26. The van der Waals surface area contributed by atoms with Crippen LogP contribution in [0.25, 0.3) is 10.2 Å². The molecule has 2 aromatic heterocycles. The Kier molecular flexibility index (Phi) is 6.78. The third kappa shape index (κ3) is 4.93. The molecule has 2 fully saturated rings. The molecule has 0 atom stereocenters. The number of thiophene rings is 1. The predicted octanol–water partition coefficient (Wildman–Crippen LogP) is 4.82. The van der Waals surface area contributed by atoms with Crippen molar-refractivity contribution in [3.8, 4) is 0 Å². The Morgan fingerprint density at radius 1 is 1.12 bits per heavy atom. The first-order chi connectivity index (χ1) is 15.1. The van der Waals surface area contributed by atoms with Gasteiger partial charge in [-0.2, -0.15) is 0 Å². The van der Waals surface area contributed by atoms with Gasteiger partial charge in [-0.3, -0.25) is 19.1 Å². The van der Waals surface area contributed by atoms with Crippen molar-refractivity contribution in [2.75, 3.05) is 13.1 Å². The lowest BCUT2D eigenvalue weighted by molar-refractivity contribution is -0.152. The van der Waals surface area contributed by atoms with Crippen LogP contribution in [0, 0.1) is 25.2 Å². The van der Waals surface area contributed by atoms with E-state index in [1.54, 1.807) is 15.9 Å². The van der Waals surface area contributed by atoms with Crippen LogP contribution in [0.5, 0.6) is 0 Å². The van der Waals surface area contributed by atoms with Crippen LogP contribution < -0.4 is 5.56 Å². The normalized spacial score (nSPS) is 22.5. The summed E-state index contributed by atoms with van der Waals surface area (Å²) >= 11 is 1.56. The Bertz CT molecular complexity index is 1040. The van der Waals surface area contributed by atoms with Gasteiger partial charge in [-0.25, -0.2) is 4.98 Å². The maximum Gasteiger partial charge on any atom is 0.326 e. The summed E-state index contributed by atoms with van der Waals surface area (Å²) in [6.45, 7) is 13.4. The van der Waals surface area contributed by atoms with E-state index in [-0.39, 0.29) is 24.2 Å². The molecule has 32 heavy (non-hydrogen) atoms. The fourth-order valence-electron chi connectivity index (χ4n) is 5.19. The summed E-state index contributed by atoms with van der Waals surface area (Å²) in [6.07, 6.45) is 6.28. The molecule has 0 bridgehead atoms. The average Bonchev–Trinajstić information content (AvgIpc) is 3.33. The summed E-state index contributed by atoms with van der Waals surface area (Å²) in [5.41, 5.74) is 1.15. The zero-order valence-corrected chi connectivity index (χ0v) is 21.0. The fourth-order valence-corrected chi connectivity index (χ4v) is 6.23. The van der Waals surface area contributed by atoms with Crippen molar-refractivity contribution in [2.24, 2.45) is 11.3 Å². The highest BCUT2D eigenvalue weighted by molar-refractivity contribution is 7.18. The number of carbonyl (C=O) groups excluding carboxylic acids is 1. The number of ether oxygens (including phenoxy) is 1. The van der Waals surface area contributed by atoms with Gasteiger partial charge >= 0.3 is 5.97 Å². The zero-order valence-electron chi connectivity index (χ0n) is 20.2. The first-order valence-corrected chi connectivity index (χ1v) is 12.9. The predicted molar refractivity (Wildman–Crippen MR) is 129 cm³/mol. The zero-order chi connectivity index (χ0) is 23.0. The second-order valence-electron chi connectivity index (χ2n) is 10.7. The van der Waals surface area contributed by atoms with Crippen LogP contribution in [0.2, 0.25) is 0 Å². The number of fused-ring (bicyclic) bond motifs is 1. The number of aromatic nitrogens is 2. The van der Waals surface area contributed by atoms with E-state index in [0.29, 0.717) is 29.1 Å². The molecule has 0 amide bonds. The highest BCUT2D eigenvalue weighted by atomic mass is 32.1. The molecule has 7 heteroatoms. The minimum atomic E-state index is -0.320. The maximum atomic E-state index is 13.4. The highest BCUT2D eigenvalue weighted by Gasteiger charge is 2.31. The highest BCUT2D eigenvalue weighted by Crippen LogP contribution is 2.38. The molecule has 0 unspecified atom stereocenters. The topological polar surface area (TPSA) is 64.4 Å². The van der Waals surface area contributed by atoms with Crippen molar-refractivity contribution in [3.05, 3.63) is 26.6 Å². The number of likely N-dealkylation sites (tertiary alicyclic amines) is 1. The van der Waals surface area contributed by atoms with E-state index in [9.17, 15) is 9.59 Å². The van der Waals surface area contributed by atoms with Crippen LogP contribution in [0.15, 0.2) is 4.79 Å². The van der Waals surface area contributed by atoms with Gasteiger partial charge in [0.25, 0.3) is 5.56 Å². The number of hydrogen-bond acceptors (Lipinski definition) is 6. The van der Waals surface area contributed by atoms with E-state index in [0.717, 1.165) is 54.0 Å². The molecule has 1 saturated heterocycles. The van der Waals surface area contributed by atoms with E-state index in [4.69, 9.17) is 9.72 Å². The summed E-state index contributed by atoms with van der Waals surface area (Å²) < 4.78 is 7.42. The summed E-state index contributed by atoms with van der Waals surface area (Å²) in [4.78, 5) is 35.4. The number of carbonyl (C=O) groups is 1. The molecule has 0 aromatic carbocycles. The lowest BCUT2D eigenvalue weighted by Gasteiger charge is -2.36. The third-order valence-corrected chi connectivity index (χ3v) is 8.52. The molecule has 4 rings (SSSR count). The number of nitrogens with zero attached hydrogens (tertiary/aromatic N) is 3. The van der Waals surface area contributed by atoms with Crippen LogP contribution in [0.1, 0.15) is 75.6 Å². The van der Waals surface area contributed by atoms with Crippen LogP contribution >= 0.6 is 11.3 Å². The standard InChI is InChI=1S/C25H37N3O3S/c1-16-17(2)32-23-22(16)24(30)28(20(26-23)14-27-12-6-7-13-27)15-21(29)31-19-10-8-18(9-11-19)25(3,4)5/h18-19H,6-15H2,1-5H3. The van der Waals surface area contributed by atoms with Crippen molar-refractivity contribution in [3.63, 3.8) is 0 Å². The van der Waals surface area contributed by atoms with E-state index in [2.05, 4.69) is 25.7 Å². The summed E-state index contributed by atoms with van der Waals surface area (Å²) in [6, 6.07) is 0. The molecule has 0 N–H and O–H groups in total. The smallest absolute Gasteiger partial charge is 0.326 e. The molecular formula is C25H37N3O3S. The fraction of sp³-hybridized carbons (Fsp3) is 0.720. The van der Waals surface area contributed by atoms with Gasteiger partial charge < -0.3 is 4.74 Å². The minimum absolute atomic E-state index is 0.0411. The number of aryl methyl sites for hydroxylation is 2. The van der Waals surface area contributed by atoms with Gasteiger partial charge in [-0.05, 0) is 82.4 Å². The van der Waals surface area contributed by atoms with Crippen LogP contribution in [-0.2, 0) is 22.6 Å². The quantitative estimate of drug-likeness (QED) is 0.600. The molecule has 176 valence electrons.